The van der Waals surface area contributed by atoms with Crippen molar-refractivity contribution in [1.29, 1.82) is 0 Å². The van der Waals surface area contributed by atoms with Gasteiger partial charge in [-0.1, -0.05) is 13.1 Å². The monoisotopic (exact) mass is 258 g/mol. The summed E-state index contributed by atoms with van der Waals surface area (Å²) >= 11 is 0. The quantitative estimate of drug-likeness (QED) is 0.451. The Morgan fingerprint density at radius 3 is 1.06 bits per heavy atom. The molecular weight excluding hydrogens is 236 g/mol. The molecule has 0 heterocycles. The molecule has 0 amide bonds. The number of ether oxygens (including phenoxy) is 1. The summed E-state index contributed by atoms with van der Waals surface area (Å²) < 4.78 is 4.25. The van der Waals surface area contributed by atoms with Gasteiger partial charge < -0.3 is 25.2 Å². The smallest absolute Gasteiger partial charge is 0.329 e. The normalized spacial score (nSPS) is 6.88. The number of aliphatic hydroxyl groups is 2. The van der Waals surface area contributed by atoms with Gasteiger partial charge in [-0.05, 0) is 0 Å². The van der Waals surface area contributed by atoms with Crippen molar-refractivity contribution >= 4 is 21.5 Å². The predicted molar refractivity (Wildman–Crippen MR) is 62.6 cm³/mol. The maximum atomic E-state index is 9.12. The van der Waals surface area contributed by atoms with Crippen molar-refractivity contribution in [3.8, 4) is 0 Å². The fourth-order valence-corrected chi connectivity index (χ4v) is 0. The number of carbonyl (C=O) groups is 2. The first-order valence-corrected chi connectivity index (χ1v) is 7.25. The molecule has 0 spiro atoms. The molecule has 0 aromatic carbocycles. The summed E-state index contributed by atoms with van der Waals surface area (Å²) in [4.78, 5) is 18.2. The molecule has 8 heteroatoms. The predicted octanol–water partition coefficient (Wildman–Crippen LogP) is -1.36. The van der Waals surface area contributed by atoms with E-state index in [1.807, 2.05) is 0 Å². The van der Waals surface area contributed by atoms with E-state index < -0.39 is 25.2 Å². The van der Waals surface area contributed by atoms with Crippen molar-refractivity contribution in [2.45, 2.75) is 13.1 Å². The van der Waals surface area contributed by atoms with E-state index in [-0.39, 0.29) is 0 Å². The Morgan fingerprint density at radius 1 is 1.00 bits per heavy atom. The maximum Gasteiger partial charge on any atom is 0.329 e. The molecule has 0 fully saturated rings. The minimum absolute atomic E-state index is 0.417. The van der Waals surface area contributed by atoms with Crippen molar-refractivity contribution in [2.75, 3.05) is 27.4 Å². The molecule has 0 saturated heterocycles. The van der Waals surface area contributed by atoms with Gasteiger partial charge in [0.15, 0.2) is 0 Å². The van der Waals surface area contributed by atoms with E-state index in [0.29, 0.717) is 9.52 Å². The van der Waals surface area contributed by atoms with Crippen LogP contribution in [0, 0.1) is 0 Å². The summed E-state index contributed by atoms with van der Waals surface area (Å²) in [5, 5.41) is 30.0. The summed E-state index contributed by atoms with van der Waals surface area (Å²) in [5.41, 5.74) is 0. The number of carboxylic acid groups (broad SMARTS) is 2. The van der Waals surface area contributed by atoms with Crippen LogP contribution >= 0.6 is 0 Å². The zero-order valence-corrected chi connectivity index (χ0v) is 11.5. The van der Waals surface area contributed by atoms with Gasteiger partial charge in [0, 0.05) is 23.7 Å². The second kappa shape index (κ2) is 29.2. The largest absolute Gasteiger partial charge is 0.480 e. The van der Waals surface area contributed by atoms with Crippen LogP contribution in [0.3, 0.4) is 0 Å². The molecule has 0 atom stereocenters. The van der Waals surface area contributed by atoms with Gasteiger partial charge in [-0.3, -0.25) is 0 Å². The molecule has 7 nitrogen and oxygen atoms in total. The fourth-order valence-electron chi connectivity index (χ4n) is 0. The molecule has 100 valence electrons. The summed E-state index contributed by atoms with van der Waals surface area (Å²) in [6.07, 6.45) is 0. The van der Waals surface area contributed by atoms with Crippen molar-refractivity contribution in [3.05, 3.63) is 0 Å². The Morgan fingerprint density at radius 2 is 1.06 bits per heavy atom. The number of methoxy groups -OCH3 is 1. The van der Waals surface area contributed by atoms with Crippen LogP contribution in [0.15, 0.2) is 0 Å². The van der Waals surface area contributed by atoms with Crippen LogP contribution in [0.4, 0.5) is 0 Å². The first-order valence-electron chi connectivity index (χ1n) is 4.43. The van der Waals surface area contributed by atoms with Crippen LogP contribution in [0.25, 0.3) is 0 Å². The number of aliphatic hydroxyl groups excluding tert-OH is 2. The molecule has 0 aliphatic heterocycles. The fraction of sp³-hybridized carbons (Fsp3) is 0.750. The number of hydrogen-bond donors (Lipinski definition) is 4. The van der Waals surface area contributed by atoms with Gasteiger partial charge in [0.25, 0.3) is 0 Å². The Bertz CT molecular complexity index is 124. The average Bonchev–Trinajstić information content (AvgIpc) is 2.21. The lowest BCUT2D eigenvalue weighted by molar-refractivity contribution is -0.141. The lowest BCUT2D eigenvalue weighted by Crippen LogP contribution is -1.98. The van der Waals surface area contributed by atoms with Crippen LogP contribution in [0.1, 0.15) is 0 Å². The number of aliphatic carboxylic acids is 2. The van der Waals surface area contributed by atoms with Crippen LogP contribution < -0.4 is 0 Å². The summed E-state index contributed by atoms with van der Waals surface area (Å²) in [6, 6.07) is 0. The van der Waals surface area contributed by atoms with Gasteiger partial charge in [-0.15, -0.1) is 0 Å². The van der Waals surface area contributed by atoms with Crippen molar-refractivity contribution in [3.63, 3.8) is 0 Å². The molecule has 0 radical (unpaired) electrons. The van der Waals surface area contributed by atoms with E-state index >= 15 is 0 Å². The second-order valence-electron chi connectivity index (χ2n) is 2.22. The van der Waals surface area contributed by atoms with E-state index in [1.165, 1.54) is 0 Å². The van der Waals surface area contributed by atoms with E-state index in [9.17, 15) is 0 Å². The minimum Gasteiger partial charge on any atom is -0.480 e. The molecule has 0 aromatic heterocycles. The van der Waals surface area contributed by atoms with Gasteiger partial charge in [0.2, 0.25) is 0 Å². The van der Waals surface area contributed by atoms with Crippen LogP contribution in [-0.2, 0) is 14.3 Å². The standard InChI is InChI=1S/2C2H4O3.C2H6O.C2H8Si/c2*3-1-2(4)5;2*1-3-2/h2*3H,1H2,(H,4,5);1-2H3;3H2,1-2H3. The lowest BCUT2D eigenvalue weighted by Gasteiger charge is -1.72. The Kier molecular flexibility index (Phi) is 44.4. The Balaban J connectivity index is -0.0000000621. The molecule has 0 unspecified atom stereocenters. The first-order chi connectivity index (χ1) is 7.37. The summed E-state index contributed by atoms with van der Waals surface area (Å²) in [7, 11) is 3.67. The number of carboxylic acids is 2. The van der Waals surface area contributed by atoms with Crippen LogP contribution in [-0.4, -0.2) is 69.3 Å². The maximum absolute atomic E-state index is 9.12. The van der Waals surface area contributed by atoms with Crippen molar-refractivity contribution < 1.29 is 34.8 Å². The highest BCUT2D eigenvalue weighted by Gasteiger charge is 1.83. The minimum atomic E-state index is -1.19. The average molecular weight is 258 g/mol. The zero-order valence-electron chi connectivity index (χ0n) is 10.1. The van der Waals surface area contributed by atoms with E-state index in [1.54, 1.807) is 14.2 Å². The zero-order chi connectivity index (χ0) is 14.0. The third kappa shape index (κ3) is 205. The summed E-state index contributed by atoms with van der Waals surface area (Å²) in [5.74, 6) is -2.38. The van der Waals surface area contributed by atoms with Crippen LogP contribution in [0.5, 0.6) is 0 Å². The molecule has 0 saturated carbocycles. The van der Waals surface area contributed by atoms with Crippen molar-refractivity contribution in [2.24, 2.45) is 0 Å². The first kappa shape index (κ1) is 24.3. The van der Waals surface area contributed by atoms with Crippen molar-refractivity contribution in [1.82, 2.24) is 0 Å². The molecule has 16 heavy (non-hydrogen) atoms. The van der Waals surface area contributed by atoms with Gasteiger partial charge in [-0.2, -0.15) is 0 Å². The SMILES string of the molecule is COC.C[SiH2]C.O=C(O)CO.O=C(O)CO. The molecule has 0 aromatic rings. The highest BCUT2D eigenvalue weighted by atomic mass is 28.2. The molecule has 4 N–H and O–H groups in total. The number of rotatable bonds is 2. The molecular formula is C8H22O7Si. The van der Waals surface area contributed by atoms with Crippen LogP contribution in [0.2, 0.25) is 13.1 Å². The van der Waals surface area contributed by atoms with Gasteiger partial charge in [0.1, 0.15) is 13.2 Å². The molecule has 0 aliphatic rings. The van der Waals surface area contributed by atoms with E-state index in [4.69, 9.17) is 30.0 Å². The third-order valence-corrected chi connectivity index (χ3v) is 0.271. The van der Waals surface area contributed by atoms with Gasteiger partial charge >= 0.3 is 11.9 Å². The topological polar surface area (TPSA) is 124 Å². The highest BCUT2D eigenvalue weighted by Crippen LogP contribution is 1.49. The third-order valence-electron chi connectivity index (χ3n) is 0.271. The summed E-state index contributed by atoms with van der Waals surface area (Å²) in [6.45, 7) is 2.97. The highest BCUT2D eigenvalue weighted by molar-refractivity contribution is 6.31. The number of hydrogen-bond acceptors (Lipinski definition) is 5. The molecule has 0 rings (SSSR count). The Labute approximate surface area is 97.5 Å². The lowest BCUT2D eigenvalue weighted by atomic mass is 10.8. The van der Waals surface area contributed by atoms with E-state index in [2.05, 4.69) is 17.8 Å². The second-order valence-corrected chi connectivity index (χ2v) is 3.63. The Hall–Kier alpha value is -0.963. The van der Waals surface area contributed by atoms with E-state index in [0.717, 1.165) is 0 Å². The van der Waals surface area contributed by atoms with Gasteiger partial charge in [-0.25, -0.2) is 9.59 Å². The molecule has 0 bridgehead atoms. The molecule has 0 aliphatic carbocycles. The van der Waals surface area contributed by atoms with Gasteiger partial charge in [0.05, 0.1) is 0 Å².